The van der Waals surface area contributed by atoms with Crippen LogP contribution in [0.3, 0.4) is 0 Å². The van der Waals surface area contributed by atoms with Crippen LogP contribution in [0.4, 0.5) is 27.4 Å². The van der Waals surface area contributed by atoms with Gasteiger partial charge in [-0.15, -0.1) is 11.3 Å². The van der Waals surface area contributed by atoms with Crippen molar-refractivity contribution in [2.45, 2.75) is 46.3 Å². The molecule has 1 fully saturated rings. The maximum atomic E-state index is 13.5. The highest BCUT2D eigenvalue weighted by Crippen LogP contribution is 2.29. The van der Waals surface area contributed by atoms with Gasteiger partial charge in [-0.05, 0) is 132 Å². The maximum Gasteiger partial charge on any atom is 0.345 e. The highest BCUT2D eigenvalue weighted by Gasteiger charge is 2.12. The number of aromatic carboxylic acids is 1. The lowest BCUT2D eigenvalue weighted by molar-refractivity contribution is 0.0702. The number of ether oxygens (including phenoxy) is 1. The van der Waals surface area contributed by atoms with Crippen LogP contribution in [0.15, 0.2) is 146 Å². The van der Waals surface area contributed by atoms with Crippen LogP contribution in [0.25, 0.3) is 21.0 Å². The van der Waals surface area contributed by atoms with E-state index in [0.29, 0.717) is 34.0 Å². The third-order valence-electron chi connectivity index (χ3n) is 10.5. The molecule has 7 heterocycles. The molecule has 0 bridgehead atoms. The summed E-state index contributed by atoms with van der Waals surface area (Å²) in [6.45, 7) is 8.28. The van der Waals surface area contributed by atoms with E-state index in [1.165, 1.54) is 34.9 Å². The van der Waals surface area contributed by atoms with Crippen LogP contribution in [0.2, 0.25) is 5.28 Å². The molecule has 10 N–H and O–H groups in total. The molecule has 74 heavy (non-hydrogen) atoms. The Hall–Kier alpha value is -7.20. The molecular formula is C53H52Br2ClFN12O4S. The van der Waals surface area contributed by atoms with Crippen LogP contribution < -0.4 is 27.8 Å². The van der Waals surface area contributed by atoms with Crippen LogP contribution in [0, 0.1) is 12.7 Å². The zero-order chi connectivity index (χ0) is 53.1. The van der Waals surface area contributed by atoms with Gasteiger partial charge in [0.25, 0.3) is 0 Å². The number of nitrogens with one attached hydrogen (secondary N) is 3. The monoisotopic (exact) mass is 1160 g/mol. The minimum atomic E-state index is -0.864. The van der Waals surface area contributed by atoms with Gasteiger partial charge in [-0.3, -0.25) is 14.8 Å². The number of carboxylic acid groups (broad SMARTS) is 1. The van der Waals surface area contributed by atoms with Gasteiger partial charge in [0.1, 0.15) is 16.5 Å². The summed E-state index contributed by atoms with van der Waals surface area (Å²) in [4.78, 5) is 49.3. The number of hydrogen-bond acceptors (Lipinski definition) is 15. The lowest BCUT2D eigenvalue weighted by Crippen LogP contribution is -2.18. The summed E-state index contributed by atoms with van der Waals surface area (Å²) < 4.78 is 21.4. The number of fused-ring (bicyclic) bond motifs is 4. The fraction of sp³-hybridized carbons (Fsp3) is 0.170. The van der Waals surface area contributed by atoms with E-state index < -0.39 is 11.8 Å². The average Bonchev–Trinajstić information content (AvgIpc) is 4.25. The van der Waals surface area contributed by atoms with Gasteiger partial charge in [0.2, 0.25) is 5.28 Å². The second-order valence-electron chi connectivity index (χ2n) is 16.2. The number of nitrogens with zero attached hydrogens (tertiary/aromatic N) is 6. The van der Waals surface area contributed by atoms with E-state index in [0.717, 1.165) is 85.2 Å². The molecule has 382 valence electrons. The third-order valence-corrected chi connectivity index (χ3v) is 12.7. The summed E-state index contributed by atoms with van der Waals surface area (Å²) in [6.07, 6.45) is 12.5. The minimum absolute atomic E-state index is 0.0623. The number of anilines is 4. The van der Waals surface area contributed by atoms with Crippen molar-refractivity contribution in [3.8, 4) is 0 Å². The Labute approximate surface area is 452 Å². The Kier molecular flexibility index (Phi) is 21.0. The Balaban J connectivity index is 0.000000150. The number of H-pyrrole nitrogens is 1. The summed E-state index contributed by atoms with van der Waals surface area (Å²) >= 11 is 13.7. The van der Waals surface area contributed by atoms with Gasteiger partial charge in [0.15, 0.2) is 17.4 Å². The number of aromatic nitrogens is 5. The minimum Gasteiger partial charge on any atom is -0.477 e. The van der Waals surface area contributed by atoms with Gasteiger partial charge in [-0.1, -0.05) is 62.2 Å². The molecule has 0 aliphatic carbocycles. The molecule has 3 aliphatic heterocycles. The lowest BCUT2D eigenvalue weighted by atomic mass is 10.1. The number of allylic oxidation sites excluding steroid dienone is 2. The molecule has 11 rings (SSSR count). The lowest BCUT2D eigenvalue weighted by Gasteiger charge is -2.08. The van der Waals surface area contributed by atoms with Crippen LogP contribution in [0.1, 0.15) is 68.5 Å². The summed E-state index contributed by atoms with van der Waals surface area (Å²) in [5, 5.41) is 17.2. The van der Waals surface area contributed by atoms with Crippen LogP contribution in [-0.2, 0) is 17.8 Å². The molecular weight excluding hydrogens is 1110 g/mol. The molecule has 16 nitrogen and oxygen atoms in total. The van der Waals surface area contributed by atoms with E-state index in [-0.39, 0.29) is 16.9 Å². The number of aromatic amines is 1. The van der Waals surface area contributed by atoms with Crippen molar-refractivity contribution in [3.05, 3.63) is 186 Å². The molecule has 3 aliphatic rings. The van der Waals surface area contributed by atoms with Crippen LogP contribution >= 0.6 is 54.8 Å². The number of aryl methyl sites for hydroxylation is 1. The smallest absolute Gasteiger partial charge is 0.345 e. The highest BCUT2D eigenvalue weighted by atomic mass is 79.9. The molecule has 1 atom stereocenters. The van der Waals surface area contributed by atoms with Crippen molar-refractivity contribution in [1.82, 2.24) is 24.9 Å². The number of thiophene rings is 1. The number of carbonyl (C=O) groups excluding carboxylic acids is 1. The molecule has 0 amide bonds. The maximum absolute atomic E-state index is 13.5. The van der Waals surface area contributed by atoms with Crippen molar-refractivity contribution in [3.63, 3.8) is 0 Å². The third kappa shape index (κ3) is 17.2. The summed E-state index contributed by atoms with van der Waals surface area (Å²) in [5.41, 5.74) is 24.3. The quantitative estimate of drug-likeness (QED) is 0.0446. The van der Waals surface area contributed by atoms with Gasteiger partial charge in [0.05, 0.1) is 31.6 Å². The van der Waals surface area contributed by atoms with Crippen molar-refractivity contribution >= 4 is 123 Å². The van der Waals surface area contributed by atoms with E-state index in [4.69, 9.17) is 38.6 Å². The van der Waals surface area contributed by atoms with E-state index in [1.54, 1.807) is 38.3 Å². The molecule has 1 saturated heterocycles. The number of rotatable bonds is 7. The largest absolute Gasteiger partial charge is 0.477 e. The molecule has 8 aromatic rings. The van der Waals surface area contributed by atoms with Gasteiger partial charge in [-0.2, -0.15) is 0 Å². The van der Waals surface area contributed by atoms with E-state index >= 15 is 0 Å². The zero-order valence-corrected chi connectivity index (χ0v) is 45.1. The SMILES string of the molecule is C/C=C\C(N)=C/N.CC(=O)c1cc2ccc(Br)cc2[nH]1.Cc1ncc(F)c(Nc2ccc3c(c2)C=NC3)n1.Clc1nccc(Nc2ccc3c(c2)C=NC3)n1.NC1CCOC1.O=C(O)c1cc2ccc(Br)cc2s1. The van der Waals surface area contributed by atoms with Gasteiger partial charge in [-0.25, -0.2) is 29.1 Å². The molecule has 4 aromatic heterocycles. The van der Waals surface area contributed by atoms with Crippen molar-refractivity contribution < 1.29 is 23.8 Å². The second-order valence-corrected chi connectivity index (χ2v) is 19.5. The topological polar surface area (TPSA) is 258 Å². The Morgan fingerprint density at radius 3 is 2.12 bits per heavy atom. The number of aliphatic imine (C=N–C) groups is 2. The van der Waals surface area contributed by atoms with Gasteiger partial charge >= 0.3 is 5.97 Å². The number of Topliss-reactive ketones (excluding diaryl/α,β-unsaturated/α-hetero) is 1. The van der Waals surface area contributed by atoms with Crippen molar-refractivity contribution in [2.75, 3.05) is 23.8 Å². The first-order valence-electron chi connectivity index (χ1n) is 22.7. The first kappa shape index (κ1) is 56.1. The summed E-state index contributed by atoms with van der Waals surface area (Å²) in [6, 6.07) is 29.2. The first-order chi connectivity index (χ1) is 35.6. The Bertz CT molecular complexity index is 3270. The van der Waals surface area contributed by atoms with E-state index in [1.807, 2.05) is 98.2 Å². The number of carbonyl (C=O) groups is 2. The van der Waals surface area contributed by atoms with Crippen molar-refractivity contribution in [1.29, 1.82) is 0 Å². The standard InChI is InChI=1S/C13H11FN4.C12H9ClN4.C10H8BrNO.C9H5BrO2S.C5H10N2.C4H9NO/c1-8-16-7-12(14)13(17-8)18-11-3-2-9-5-15-6-10(9)4-11;13-12-15-4-3-11(17-12)16-10-2-1-8-6-14-7-9(8)5-10;1-6(13)9-4-7-2-3-8(11)5-10(7)12-9;10-6-2-1-5-3-8(9(11)12)13-7(5)4-6;1-2-3-5(7)4-6;5-4-1-2-6-3-4/h2-4,6-7H,5H2,1H3,(H,16,17,18);1-5,7H,6H2,(H,15,16,17);2-5,12H,1H3;1-4H,(H,11,12);2-4H,6-7H2,1H3;4H,1-3,5H2/b;;;;3-2-,5-4+;. The zero-order valence-electron chi connectivity index (χ0n) is 40.3. The summed E-state index contributed by atoms with van der Waals surface area (Å²) in [7, 11) is 0. The van der Waals surface area contributed by atoms with Crippen molar-refractivity contribution in [2.24, 2.45) is 27.2 Å². The average molecular weight is 1170 g/mol. The van der Waals surface area contributed by atoms with E-state index in [9.17, 15) is 14.0 Å². The molecule has 0 spiro atoms. The van der Waals surface area contributed by atoms with Crippen LogP contribution in [0.5, 0.6) is 0 Å². The number of nitrogens with two attached hydrogens (primary N) is 3. The fourth-order valence-electron chi connectivity index (χ4n) is 6.79. The second kappa shape index (κ2) is 27.7. The van der Waals surface area contributed by atoms with Crippen LogP contribution in [-0.4, -0.2) is 73.5 Å². The predicted molar refractivity (Wildman–Crippen MR) is 303 cm³/mol. The Morgan fingerprint density at radius 1 is 0.892 bits per heavy atom. The molecule has 0 saturated carbocycles. The number of ketones is 1. The fourth-order valence-corrected chi connectivity index (χ4v) is 8.75. The normalized spacial score (nSPS) is 13.7. The number of benzene rings is 4. The number of carboxylic acids is 1. The first-order valence-corrected chi connectivity index (χ1v) is 25.5. The molecule has 21 heteroatoms. The van der Waals surface area contributed by atoms with E-state index in [2.05, 4.69) is 83.5 Å². The Morgan fingerprint density at radius 2 is 1.55 bits per heavy atom. The molecule has 1 unspecified atom stereocenters. The van der Waals surface area contributed by atoms with Gasteiger partial charge < -0.3 is 42.7 Å². The summed E-state index contributed by atoms with van der Waals surface area (Å²) in [5.74, 6) is 0.137. The predicted octanol–water partition coefficient (Wildman–Crippen LogP) is 12.0. The number of hydrogen-bond donors (Lipinski definition) is 7. The number of halogens is 4. The highest BCUT2D eigenvalue weighted by molar-refractivity contribution is 9.10. The molecule has 0 radical (unpaired) electrons. The van der Waals surface area contributed by atoms with Gasteiger partial charge in [0, 0.05) is 86.0 Å². The molecule has 4 aromatic carbocycles.